The second-order valence-corrected chi connectivity index (χ2v) is 6.03. The average molecular weight is 290 g/mol. The molecule has 1 aliphatic rings. The summed E-state index contributed by atoms with van der Waals surface area (Å²) in [5, 5.41) is 3.41. The first-order valence-corrected chi connectivity index (χ1v) is 8.46. The molecule has 1 saturated heterocycles. The molecule has 1 aliphatic heterocycles. The highest BCUT2D eigenvalue weighted by Crippen LogP contribution is 2.18. The summed E-state index contributed by atoms with van der Waals surface area (Å²) in [6.45, 7) is 10.8. The standard InChI is InChI=1S/C18H30N2O/c1-3-10-19-14-17-5-7-18(8-6-17)21-13-12-20-11-9-16(4-2)15-20/h5-8,16,19H,3-4,9-15H2,1-2H3. The van der Waals surface area contributed by atoms with E-state index in [2.05, 4.69) is 48.3 Å². The Balaban J connectivity index is 1.64. The van der Waals surface area contributed by atoms with Crippen LogP contribution in [-0.2, 0) is 6.54 Å². The van der Waals surface area contributed by atoms with E-state index < -0.39 is 0 Å². The van der Waals surface area contributed by atoms with Crippen LogP contribution >= 0.6 is 0 Å². The van der Waals surface area contributed by atoms with Crippen molar-refractivity contribution in [1.82, 2.24) is 10.2 Å². The fraction of sp³-hybridized carbons (Fsp3) is 0.667. The van der Waals surface area contributed by atoms with E-state index in [9.17, 15) is 0 Å². The lowest BCUT2D eigenvalue weighted by molar-refractivity contribution is 0.232. The Kier molecular flexibility index (Phi) is 7.04. The highest BCUT2D eigenvalue weighted by atomic mass is 16.5. The maximum absolute atomic E-state index is 5.86. The molecule has 0 amide bonds. The summed E-state index contributed by atoms with van der Waals surface area (Å²) >= 11 is 0. The van der Waals surface area contributed by atoms with Gasteiger partial charge in [0.1, 0.15) is 12.4 Å². The van der Waals surface area contributed by atoms with Crippen molar-refractivity contribution in [2.45, 2.75) is 39.7 Å². The van der Waals surface area contributed by atoms with Crippen molar-refractivity contribution >= 4 is 0 Å². The SMILES string of the molecule is CCCNCc1ccc(OCCN2CCC(CC)C2)cc1. The van der Waals surface area contributed by atoms with Gasteiger partial charge in [-0.15, -0.1) is 0 Å². The van der Waals surface area contributed by atoms with E-state index in [0.29, 0.717) is 0 Å². The third-order valence-electron chi connectivity index (χ3n) is 4.30. The lowest BCUT2D eigenvalue weighted by Gasteiger charge is -2.16. The fourth-order valence-electron chi connectivity index (χ4n) is 2.85. The molecule has 0 saturated carbocycles. The van der Waals surface area contributed by atoms with Gasteiger partial charge in [0.15, 0.2) is 0 Å². The minimum Gasteiger partial charge on any atom is -0.492 e. The molecule has 118 valence electrons. The Labute approximate surface area is 129 Å². The van der Waals surface area contributed by atoms with Gasteiger partial charge in [-0.25, -0.2) is 0 Å². The van der Waals surface area contributed by atoms with Gasteiger partial charge in [-0.05, 0) is 49.5 Å². The summed E-state index contributed by atoms with van der Waals surface area (Å²) in [5.74, 6) is 1.89. The lowest BCUT2D eigenvalue weighted by atomic mass is 10.1. The molecule has 1 N–H and O–H groups in total. The van der Waals surface area contributed by atoms with E-state index >= 15 is 0 Å². The van der Waals surface area contributed by atoms with Crippen LogP contribution in [0.2, 0.25) is 0 Å². The van der Waals surface area contributed by atoms with Crippen LogP contribution in [0.1, 0.15) is 38.7 Å². The third-order valence-corrected chi connectivity index (χ3v) is 4.30. The van der Waals surface area contributed by atoms with Crippen LogP contribution < -0.4 is 10.1 Å². The first-order valence-electron chi connectivity index (χ1n) is 8.46. The quantitative estimate of drug-likeness (QED) is 0.706. The van der Waals surface area contributed by atoms with Crippen molar-refractivity contribution in [1.29, 1.82) is 0 Å². The topological polar surface area (TPSA) is 24.5 Å². The Morgan fingerprint density at radius 3 is 2.71 bits per heavy atom. The van der Waals surface area contributed by atoms with Crippen LogP contribution in [0.25, 0.3) is 0 Å². The third kappa shape index (κ3) is 5.68. The summed E-state index contributed by atoms with van der Waals surface area (Å²) in [4.78, 5) is 2.53. The molecule has 0 bridgehead atoms. The number of hydrogen-bond acceptors (Lipinski definition) is 3. The fourth-order valence-corrected chi connectivity index (χ4v) is 2.85. The number of nitrogens with one attached hydrogen (secondary N) is 1. The van der Waals surface area contributed by atoms with Gasteiger partial charge in [0.05, 0.1) is 0 Å². The number of ether oxygens (including phenoxy) is 1. The maximum atomic E-state index is 5.86. The molecule has 1 aromatic rings. The largest absolute Gasteiger partial charge is 0.492 e. The zero-order valence-corrected chi connectivity index (χ0v) is 13.6. The smallest absolute Gasteiger partial charge is 0.119 e. The molecular weight excluding hydrogens is 260 g/mol. The van der Waals surface area contributed by atoms with Crippen LogP contribution in [-0.4, -0.2) is 37.7 Å². The van der Waals surface area contributed by atoms with Crippen LogP contribution in [0, 0.1) is 5.92 Å². The number of likely N-dealkylation sites (tertiary alicyclic amines) is 1. The summed E-state index contributed by atoms with van der Waals surface area (Å²) in [5.41, 5.74) is 1.32. The molecule has 0 spiro atoms. The van der Waals surface area contributed by atoms with Crippen molar-refractivity contribution < 1.29 is 4.74 Å². The highest BCUT2D eigenvalue weighted by molar-refractivity contribution is 5.27. The zero-order chi connectivity index (χ0) is 14.9. The maximum Gasteiger partial charge on any atom is 0.119 e. The summed E-state index contributed by atoms with van der Waals surface area (Å²) < 4.78 is 5.86. The summed E-state index contributed by atoms with van der Waals surface area (Å²) in [6, 6.07) is 8.48. The Hall–Kier alpha value is -1.06. The van der Waals surface area contributed by atoms with E-state index in [1.54, 1.807) is 0 Å². The van der Waals surface area contributed by atoms with Crippen molar-refractivity contribution in [2.24, 2.45) is 5.92 Å². The molecule has 3 heteroatoms. The molecule has 3 nitrogen and oxygen atoms in total. The molecule has 1 aromatic carbocycles. The molecular formula is C18H30N2O. The Morgan fingerprint density at radius 1 is 1.24 bits per heavy atom. The van der Waals surface area contributed by atoms with Crippen molar-refractivity contribution in [3.05, 3.63) is 29.8 Å². The predicted octanol–water partition coefficient (Wildman–Crippen LogP) is 3.30. The van der Waals surface area contributed by atoms with Crippen LogP contribution in [0.5, 0.6) is 5.75 Å². The number of hydrogen-bond donors (Lipinski definition) is 1. The molecule has 1 unspecified atom stereocenters. The van der Waals surface area contributed by atoms with Gasteiger partial charge in [0.2, 0.25) is 0 Å². The van der Waals surface area contributed by atoms with Crippen LogP contribution in [0.15, 0.2) is 24.3 Å². The predicted molar refractivity (Wildman–Crippen MR) is 88.8 cm³/mol. The van der Waals surface area contributed by atoms with Gasteiger partial charge < -0.3 is 10.1 Å². The number of nitrogens with zero attached hydrogens (tertiary/aromatic N) is 1. The lowest BCUT2D eigenvalue weighted by Crippen LogP contribution is -2.26. The molecule has 1 fully saturated rings. The first-order chi connectivity index (χ1) is 10.3. The van der Waals surface area contributed by atoms with Gasteiger partial charge >= 0.3 is 0 Å². The average Bonchev–Trinajstić information content (AvgIpc) is 2.97. The molecule has 1 heterocycles. The van der Waals surface area contributed by atoms with Gasteiger partial charge in [-0.2, -0.15) is 0 Å². The monoisotopic (exact) mass is 290 g/mol. The van der Waals surface area contributed by atoms with Gasteiger partial charge in [0, 0.05) is 19.6 Å². The summed E-state index contributed by atoms with van der Waals surface area (Å²) in [7, 11) is 0. The molecule has 0 aliphatic carbocycles. The highest BCUT2D eigenvalue weighted by Gasteiger charge is 2.20. The molecule has 0 aromatic heterocycles. The zero-order valence-electron chi connectivity index (χ0n) is 13.6. The van der Waals surface area contributed by atoms with E-state index in [0.717, 1.165) is 37.9 Å². The molecule has 0 radical (unpaired) electrons. The normalized spacial score (nSPS) is 19.0. The minimum atomic E-state index is 0.796. The van der Waals surface area contributed by atoms with Crippen molar-refractivity contribution in [2.75, 3.05) is 32.8 Å². The Bertz CT molecular complexity index is 391. The second-order valence-electron chi connectivity index (χ2n) is 6.03. The molecule has 2 rings (SSSR count). The van der Waals surface area contributed by atoms with Crippen LogP contribution in [0.3, 0.4) is 0 Å². The number of rotatable bonds is 9. The van der Waals surface area contributed by atoms with E-state index in [1.165, 1.54) is 37.9 Å². The Morgan fingerprint density at radius 2 is 2.05 bits per heavy atom. The number of benzene rings is 1. The van der Waals surface area contributed by atoms with E-state index in [4.69, 9.17) is 4.74 Å². The van der Waals surface area contributed by atoms with Crippen LogP contribution in [0.4, 0.5) is 0 Å². The van der Waals surface area contributed by atoms with Gasteiger partial charge in [0.25, 0.3) is 0 Å². The van der Waals surface area contributed by atoms with Gasteiger partial charge in [-0.1, -0.05) is 32.4 Å². The van der Waals surface area contributed by atoms with E-state index in [1.807, 2.05) is 0 Å². The molecule has 21 heavy (non-hydrogen) atoms. The second kappa shape index (κ2) is 9.06. The van der Waals surface area contributed by atoms with Crippen molar-refractivity contribution in [3.8, 4) is 5.75 Å². The summed E-state index contributed by atoms with van der Waals surface area (Å²) in [6.07, 6.45) is 3.84. The van der Waals surface area contributed by atoms with Gasteiger partial charge in [-0.3, -0.25) is 4.90 Å². The molecule has 1 atom stereocenters. The first kappa shape index (κ1) is 16.3. The van der Waals surface area contributed by atoms with Crippen molar-refractivity contribution in [3.63, 3.8) is 0 Å². The minimum absolute atomic E-state index is 0.796. The van der Waals surface area contributed by atoms with E-state index in [-0.39, 0.29) is 0 Å².